The van der Waals surface area contributed by atoms with Crippen LogP contribution in [0.25, 0.3) is 0 Å². The number of carbonyl (C=O) groups excluding carboxylic acids is 6. The van der Waals surface area contributed by atoms with Gasteiger partial charge in [-0.1, -0.05) is 88.4 Å². The second-order valence-electron chi connectivity index (χ2n) is 16.0. The molecule has 2 atom stereocenters. The van der Waals surface area contributed by atoms with Crippen LogP contribution >= 0.6 is 0 Å². The van der Waals surface area contributed by atoms with Crippen molar-refractivity contribution in [3.05, 3.63) is 71.8 Å². The third-order valence-corrected chi connectivity index (χ3v) is 9.91. The number of hydrogen-bond acceptors (Lipinski definition) is 9. The summed E-state index contributed by atoms with van der Waals surface area (Å²) in [6.45, 7) is 12.0. The third kappa shape index (κ3) is 18.7. The van der Waals surface area contributed by atoms with Crippen LogP contribution in [0.1, 0.15) is 90.4 Å². The maximum atomic E-state index is 14.5. The Morgan fingerprint density at radius 3 is 1.44 bits per heavy atom. The van der Waals surface area contributed by atoms with Crippen LogP contribution in [-0.2, 0) is 28.8 Å². The van der Waals surface area contributed by atoms with Gasteiger partial charge in [-0.3, -0.25) is 28.8 Å². The largest absolute Gasteiger partial charge is 0.368 e. The molecule has 0 saturated heterocycles. The number of nitrogens with two attached hydrogens (primary N) is 3. The Morgan fingerprint density at radius 1 is 0.525 bits per heavy atom. The highest BCUT2D eigenvalue weighted by molar-refractivity contribution is 5.92. The molecule has 0 radical (unpaired) electrons. The molecule has 0 fully saturated rings. The third-order valence-electron chi connectivity index (χ3n) is 9.91. The minimum Gasteiger partial charge on any atom is -0.368 e. The molecular formula is C44H71N9O6. The molecule has 0 aliphatic heterocycles. The molecular weight excluding hydrogens is 751 g/mol. The normalized spacial score (nSPS) is 12.2. The number of primary amides is 1. The van der Waals surface area contributed by atoms with E-state index >= 15 is 0 Å². The average molecular weight is 822 g/mol. The zero-order valence-electron chi connectivity index (χ0n) is 36.3. The lowest BCUT2D eigenvalue weighted by Gasteiger charge is -2.35. The van der Waals surface area contributed by atoms with E-state index in [-0.39, 0.29) is 88.6 Å². The number of nitrogens with one attached hydrogen (secondary N) is 1. The van der Waals surface area contributed by atoms with E-state index in [4.69, 9.17) is 17.2 Å². The van der Waals surface area contributed by atoms with E-state index < -0.39 is 29.7 Å². The first-order valence-corrected chi connectivity index (χ1v) is 21.0. The molecule has 59 heavy (non-hydrogen) atoms. The van der Waals surface area contributed by atoms with Gasteiger partial charge >= 0.3 is 0 Å². The van der Waals surface area contributed by atoms with Crippen molar-refractivity contribution in [2.45, 2.75) is 79.3 Å². The smallest absolute Gasteiger partial charge is 0.243 e. The van der Waals surface area contributed by atoms with Crippen molar-refractivity contribution in [3.8, 4) is 0 Å². The van der Waals surface area contributed by atoms with Crippen molar-refractivity contribution < 1.29 is 28.8 Å². The Hall–Kier alpha value is -4.86. The molecule has 0 spiro atoms. The van der Waals surface area contributed by atoms with Gasteiger partial charge in [-0.2, -0.15) is 0 Å². The van der Waals surface area contributed by atoms with Gasteiger partial charge in [-0.05, 0) is 75.6 Å². The highest BCUT2D eigenvalue weighted by Crippen LogP contribution is 2.21. The fraction of sp³-hybridized carbons (Fsp3) is 0.591. The molecule has 6 amide bonds. The molecule has 328 valence electrons. The van der Waals surface area contributed by atoms with Gasteiger partial charge in [-0.15, -0.1) is 0 Å². The van der Waals surface area contributed by atoms with E-state index in [1.165, 1.54) is 24.5 Å². The van der Waals surface area contributed by atoms with Crippen molar-refractivity contribution in [1.82, 2.24) is 29.8 Å². The summed E-state index contributed by atoms with van der Waals surface area (Å²) in [5.41, 5.74) is 18.7. The Kier molecular flexibility index (Phi) is 23.0. The quantitative estimate of drug-likeness (QED) is 0.0929. The molecule has 0 bridgehead atoms. The molecule has 0 heterocycles. The second-order valence-corrected chi connectivity index (χ2v) is 16.0. The standard InChI is InChI=1S/C44H71N9O6/c1-33(2)26-51(40(55)25-48-35(5)37-17-9-7-10-18-37)30-42(57)52(27-34(3)4)31-44(59)53(36(6)38-19-11-8-12-20-38)32-43(58)50(24-16-14-22-46)29-41(56)49(28-39(47)54)23-15-13-21-45/h7-12,17-20,33-36,48H,13-16,21-32,45-46H2,1-6H3,(H2,47,54)/t35-,36?/m1/s1. The van der Waals surface area contributed by atoms with Crippen LogP contribution in [0.4, 0.5) is 0 Å². The predicted octanol–water partition coefficient (Wildman–Crippen LogP) is 2.52. The minimum absolute atomic E-state index is 0.00623. The molecule has 2 rings (SSSR count). The summed E-state index contributed by atoms with van der Waals surface area (Å²) >= 11 is 0. The Morgan fingerprint density at radius 2 is 0.949 bits per heavy atom. The van der Waals surface area contributed by atoms with Gasteiger partial charge in [0, 0.05) is 32.2 Å². The lowest BCUT2D eigenvalue weighted by molar-refractivity contribution is -0.149. The van der Waals surface area contributed by atoms with E-state index in [2.05, 4.69) is 5.32 Å². The predicted molar refractivity (Wildman–Crippen MR) is 231 cm³/mol. The minimum atomic E-state index is -0.674. The Labute approximate surface area is 352 Å². The maximum Gasteiger partial charge on any atom is 0.243 e. The van der Waals surface area contributed by atoms with Gasteiger partial charge < -0.3 is 47.0 Å². The number of carbonyl (C=O) groups is 6. The molecule has 15 heteroatoms. The van der Waals surface area contributed by atoms with Crippen LogP contribution < -0.4 is 22.5 Å². The summed E-state index contributed by atoms with van der Waals surface area (Å²) in [5.74, 6) is -2.59. The maximum absolute atomic E-state index is 14.5. The molecule has 2 aromatic rings. The van der Waals surface area contributed by atoms with E-state index in [9.17, 15) is 28.8 Å². The Bertz CT molecular complexity index is 1590. The first-order chi connectivity index (χ1) is 28.1. The summed E-state index contributed by atoms with van der Waals surface area (Å²) in [4.78, 5) is 89.1. The summed E-state index contributed by atoms with van der Waals surface area (Å²) in [5, 5.41) is 3.27. The van der Waals surface area contributed by atoms with Crippen LogP contribution in [0.2, 0.25) is 0 Å². The zero-order valence-corrected chi connectivity index (χ0v) is 36.3. The lowest BCUT2D eigenvalue weighted by atomic mass is 10.1. The fourth-order valence-corrected chi connectivity index (χ4v) is 6.65. The highest BCUT2D eigenvalue weighted by atomic mass is 16.2. The van der Waals surface area contributed by atoms with Crippen LogP contribution in [0.15, 0.2) is 60.7 Å². The van der Waals surface area contributed by atoms with Crippen LogP contribution in [0.3, 0.4) is 0 Å². The molecule has 0 aromatic heterocycles. The van der Waals surface area contributed by atoms with Gasteiger partial charge in [0.05, 0.1) is 38.8 Å². The van der Waals surface area contributed by atoms with Gasteiger partial charge in [0.1, 0.15) is 6.54 Å². The van der Waals surface area contributed by atoms with Crippen LogP contribution in [0.5, 0.6) is 0 Å². The molecule has 0 aliphatic carbocycles. The van der Waals surface area contributed by atoms with E-state index in [1.54, 1.807) is 0 Å². The summed E-state index contributed by atoms with van der Waals surface area (Å²) in [6, 6.07) is 18.4. The van der Waals surface area contributed by atoms with E-state index in [1.807, 2.05) is 102 Å². The van der Waals surface area contributed by atoms with Crippen molar-refractivity contribution in [1.29, 1.82) is 0 Å². The van der Waals surface area contributed by atoms with Crippen molar-refractivity contribution >= 4 is 35.4 Å². The SMILES string of the molecule is CC(C)CN(CC(=O)N(CC(=O)N(CC(=O)N(CCCCN)CC(=O)N(CCCCN)CC(N)=O)C(C)c1ccccc1)CC(C)C)C(=O)CN[C@H](C)c1ccccc1. The second kappa shape index (κ2) is 27.0. The summed E-state index contributed by atoms with van der Waals surface area (Å²) < 4.78 is 0. The molecule has 7 N–H and O–H groups in total. The number of rotatable bonds is 28. The topological polar surface area (TPSA) is 209 Å². The molecule has 1 unspecified atom stereocenters. The highest BCUT2D eigenvalue weighted by Gasteiger charge is 2.31. The number of nitrogens with zero attached hydrogens (tertiary/aromatic N) is 5. The monoisotopic (exact) mass is 822 g/mol. The Balaban J connectivity index is 2.39. The number of unbranched alkanes of at least 4 members (excludes halogenated alkanes) is 2. The van der Waals surface area contributed by atoms with Crippen molar-refractivity contribution in [3.63, 3.8) is 0 Å². The molecule has 0 saturated carbocycles. The van der Waals surface area contributed by atoms with Gasteiger partial charge in [0.25, 0.3) is 0 Å². The van der Waals surface area contributed by atoms with E-state index in [0.717, 1.165) is 11.1 Å². The lowest BCUT2D eigenvalue weighted by Crippen LogP contribution is -2.52. The van der Waals surface area contributed by atoms with Gasteiger partial charge in [0.15, 0.2) is 0 Å². The first-order valence-electron chi connectivity index (χ1n) is 21.0. The van der Waals surface area contributed by atoms with Crippen LogP contribution in [-0.4, -0.2) is 138 Å². The number of hydrogen-bond donors (Lipinski definition) is 4. The van der Waals surface area contributed by atoms with Crippen LogP contribution in [0, 0.1) is 11.8 Å². The summed E-state index contributed by atoms with van der Waals surface area (Å²) in [6.07, 6.45) is 2.33. The first kappa shape index (κ1) is 50.3. The molecule has 15 nitrogen and oxygen atoms in total. The average Bonchev–Trinajstić information content (AvgIpc) is 3.20. The zero-order chi connectivity index (χ0) is 43.9. The molecule has 2 aromatic carbocycles. The number of benzene rings is 2. The van der Waals surface area contributed by atoms with Gasteiger partial charge in [0.2, 0.25) is 35.4 Å². The van der Waals surface area contributed by atoms with Crippen molar-refractivity contribution in [2.75, 3.05) is 78.5 Å². The summed E-state index contributed by atoms with van der Waals surface area (Å²) in [7, 11) is 0. The fourth-order valence-electron chi connectivity index (χ4n) is 6.65. The molecule has 0 aliphatic rings. The number of amides is 6. The van der Waals surface area contributed by atoms with Gasteiger partial charge in [-0.25, -0.2) is 0 Å². The van der Waals surface area contributed by atoms with E-state index in [0.29, 0.717) is 45.3 Å². The van der Waals surface area contributed by atoms with Crippen molar-refractivity contribution in [2.24, 2.45) is 29.0 Å².